The normalized spacial score (nSPS) is 10.4. The van der Waals surface area contributed by atoms with Gasteiger partial charge in [0.05, 0.1) is 11.5 Å². The van der Waals surface area contributed by atoms with E-state index in [0.29, 0.717) is 11.4 Å². The highest BCUT2D eigenvalue weighted by atomic mass is 16.6. The predicted molar refractivity (Wildman–Crippen MR) is 75.6 cm³/mol. The number of carbonyl (C=O) groups is 1. The van der Waals surface area contributed by atoms with Gasteiger partial charge in [0.25, 0.3) is 5.69 Å². The lowest BCUT2D eigenvalue weighted by Gasteiger charge is -2.08. The first-order chi connectivity index (χ1) is 9.88. The molecule has 0 fully saturated rings. The molecule has 7 nitrogen and oxygen atoms in total. The van der Waals surface area contributed by atoms with Crippen LogP contribution in [0, 0.1) is 24.0 Å². The van der Waals surface area contributed by atoms with Crippen molar-refractivity contribution in [2.45, 2.75) is 20.4 Å². The second-order valence-electron chi connectivity index (χ2n) is 4.64. The summed E-state index contributed by atoms with van der Waals surface area (Å²) >= 11 is 0. The van der Waals surface area contributed by atoms with Crippen molar-refractivity contribution in [3.05, 3.63) is 57.0 Å². The number of benzene rings is 1. The molecule has 2 N–H and O–H groups in total. The van der Waals surface area contributed by atoms with E-state index in [1.165, 1.54) is 18.2 Å². The fourth-order valence-corrected chi connectivity index (χ4v) is 1.86. The van der Waals surface area contributed by atoms with Gasteiger partial charge in [0.15, 0.2) is 0 Å². The highest BCUT2D eigenvalue weighted by molar-refractivity contribution is 5.84. The van der Waals surface area contributed by atoms with Crippen LogP contribution in [0.3, 0.4) is 0 Å². The fraction of sp³-hybridized carbons (Fsp3) is 0.214. The van der Waals surface area contributed by atoms with Crippen molar-refractivity contribution >= 4 is 17.3 Å². The third-order valence-corrected chi connectivity index (χ3v) is 3.13. The van der Waals surface area contributed by atoms with Crippen LogP contribution >= 0.6 is 0 Å². The van der Waals surface area contributed by atoms with E-state index in [2.05, 4.69) is 5.32 Å². The number of nitro benzene ring substituents is 1. The number of nitro groups is 1. The summed E-state index contributed by atoms with van der Waals surface area (Å²) in [6.07, 6.45) is 0. The number of nitrogens with one attached hydrogen (secondary N) is 1. The maximum absolute atomic E-state index is 11.1. The van der Waals surface area contributed by atoms with Crippen molar-refractivity contribution in [1.82, 2.24) is 0 Å². The molecule has 0 bridgehead atoms. The van der Waals surface area contributed by atoms with Gasteiger partial charge in [0, 0.05) is 6.07 Å². The van der Waals surface area contributed by atoms with Crippen molar-refractivity contribution in [3.8, 4) is 0 Å². The Kier molecular flexibility index (Phi) is 3.93. The Labute approximate surface area is 120 Å². The van der Waals surface area contributed by atoms with E-state index in [9.17, 15) is 14.9 Å². The molecule has 0 atom stereocenters. The average Bonchev–Trinajstić information content (AvgIpc) is 2.88. The largest absolute Gasteiger partial charge is 0.475 e. The molecule has 2 rings (SSSR count). The summed E-state index contributed by atoms with van der Waals surface area (Å²) < 4.78 is 5.09. The Balaban J connectivity index is 2.20. The first-order valence-corrected chi connectivity index (χ1v) is 6.20. The summed E-state index contributed by atoms with van der Waals surface area (Å²) in [5.74, 6) is -0.931. The molecule has 1 aromatic carbocycles. The molecule has 2 aromatic rings. The number of carboxylic acids is 1. The first-order valence-electron chi connectivity index (χ1n) is 6.20. The number of aryl methyl sites for hydroxylation is 2. The van der Waals surface area contributed by atoms with Gasteiger partial charge < -0.3 is 14.8 Å². The fourth-order valence-electron chi connectivity index (χ4n) is 1.86. The Morgan fingerprint density at radius 3 is 2.57 bits per heavy atom. The van der Waals surface area contributed by atoms with Gasteiger partial charge in [-0.05, 0) is 43.2 Å². The minimum Gasteiger partial charge on any atom is -0.475 e. The lowest BCUT2D eigenvalue weighted by molar-refractivity contribution is -0.384. The number of anilines is 1. The Bertz CT molecular complexity index is 705. The van der Waals surface area contributed by atoms with E-state index in [-0.39, 0.29) is 18.0 Å². The first kappa shape index (κ1) is 14.6. The molecule has 21 heavy (non-hydrogen) atoms. The lowest BCUT2D eigenvalue weighted by atomic mass is 10.1. The van der Waals surface area contributed by atoms with E-state index in [1.807, 2.05) is 6.92 Å². The van der Waals surface area contributed by atoms with Crippen LogP contribution in [-0.4, -0.2) is 16.0 Å². The third kappa shape index (κ3) is 3.19. The van der Waals surface area contributed by atoms with Crippen LogP contribution in [0.15, 0.2) is 28.7 Å². The second-order valence-corrected chi connectivity index (χ2v) is 4.64. The molecule has 0 saturated carbocycles. The standard InChI is InChI=1S/C14H14N2O5/c1-8-5-11(12(16(19)20)6-9(8)2)15-7-10-3-4-13(21-10)14(17)18/h3-6,15H,7H2,1-2H3,(H,17,18). The van der Waals surface area contributed by atoms with Crippen LogP contribution in [0.1, 0.15) is 27.4 Å². The lowest BCUT2D eigenvalue weighted by Crippen LogP contribution is -2.03. The molecule has 1 heterocycles. The zero-order valence-corrected chi connectivity index (χ0v) is 11.5. The summed E-state index contributed by atoms with van der Waals surface area (Å²) in [6.45, 7) is 3.83. The molecule has 0 aliphatic heterocycles. The van der Waals surface area contributed by atoms with Gasteiger partial charge in [0.2, 0.25) is 5.76 Å². The average molecular weight is 290 g/mol. The molecule has 0 saturated heterocycles. The number of hydrogen-bond acceptors (Lipinski definition) is 5. The SMILES string of the molecule is Cc1cc(NCc2ccc(C(=O)O)o2)c([N+](=O)[O-])cc1C. The maximum atomic E-state index is 11.1. The molecule has 7 heteroatoms. The molecule has 0 spiro atoms. The van der Waals surface area contributed by atoms with Gasteiger partial charge in [-0.1, -0.05) is 0 Å². The highest BCUT2D eigenvalue weighted by Crippen LogP contribution is 2.28. The van der Waals surface area contributed by atoms with Crippen molar-refractivity contribution in [2.24, 2.45) is 0 Å². The van der Waals surface area contributed by atoms with Gasteiger partial charge in [-0.25, -0.2) is 4.79 Å². The molecule has 0 aliphatic carbocycles. The predicted octanol–water partition coefficient (Wildman–Crippen LogP) is 3.11. The molecule has 110 valence electrons. The van der Waals surface area contributed by atoms with Crippen LogP contribution in [0.25, 0.3) is 0 Å². The molecular weight excluding hydrogens is 276 g/mol. The smallest absolute Gasteiger partial charge is 0.371 e. The Hall–Kier alpha value is -2.83. The van der Waals surface area contributed by atoms with Crippen molar-refractivity contribution in [3.63, 3.8) is 0 Å². The quantitative estimate of drug-likeness (QED) is 0.647. The minimum atomic E-state index is -1.15. The second kappa shape index (κ2) is 5.66. The van der Waals surface area contributed by atoms with Crippen LogP contribution < -0.4 is 5.32 Å². The van der Waals surface area contributed by atoms with E-state index in [1.54, 1.807) is 13.0 Å². The zero-order chi connectivity index (χ0) is 15.6. The number of nitrogens with zero attached hydrogens (tertiary/aromatic N) is 1. The summed E-state index contributed by atoms with van der Waals surface area (Å²) in [6, 6.07) is 6.05. The number of furan rings is 1. The molecule has 0 aliphatic rings. The van der Waals surface area contributed by atoms with Crippen LogP contribution in [0.5, 0.6) is 0 Å². The monoisotopic (exact) mass is 290 g/mol. The van der Waals surface area contributed by atoms with Crippen LogP contribution in [-0.2, 0) is 6.54 Å². The Morgan fingerprint density at radius 1 is 1.33 bits per heavy atom. The van der Waals surface area contributed by atoms with E-state index in [4.69, 9.17) is 9.52 Å². The van der Waals surface area contributed by atoms with Crippen molar-refractivity contribution in [2.75, 3.05) is 5.32 Å². The number of hydrogen-bond donors (Lipinski definition) is 2. The topological polar surface area (TPSA) is 106 Å². The maximum Gasteiger partial charge on any atom is 0.371 e. The van der Waals surface area contributed by atoms with Crippen molar-refractivity contribution in [1.29, 1.82) is 0 Å². The van der Waals surface area contributed by atoms with Gasteiger partial charge in [0.1, 0.15) is 11.4 Å². The molecule has 0 radical (unpaired) electrons. The van der Waals surface area contributed by atoms with Gasteiger partial charge in [-0.2, -0.15) is 0 Å². The molecule has 0 unspecified atom stereocenters. The number of aromatic carboxylic acids is 1. The Morgan fingerprint density at radius 2 is 2.00 bits per heavy atom. The van der Waals surface area contributed by atoms with Gasteiger partial charge >= 0.3 is 5.97 Å². The summed E-state index contributed by atoms with van der Waals surface area (Å²) in [4.78, 5) is 21.3. The van der Waals surface area contributed by atoms with Crippen LogP contribution in [0.4, 0.5) is 11.4 Å². The third-order valence-electron chi connectivity index (χ3n) is 3.13. The van der Waals surface area contributed by atoms with E-state index in [0.717, 1.165) is 11.1 Å². The van der Waals surface area contributed by atoms with Crippen molar-refractivity contribution < 1.29 is 19.2 Å². The molecule has 1 aromatic heterocycles. The summed E-state index contributed by atoms with van der Waals surface area (Å²) in [7, 11) is 0. The summed E-state index contributed by atoms with van der Waals surface area (Å²) in [5, 5.41) is 22.7. The number of rotatable bonds is 5. The van der Waals surface area contributed by atoms with E-state index >= 15 is 0 Å². The molecule has 0 amide bonds. The van der Waals surface area contributed by atoms with E-state index < -0.39 is 10.9 Å². The summed E-state index contributed by atoms with van der Waals surface area (Å²) in [5.41, 5.74) is 2.10. The van der Waals surface area contributed by atoms with Gasteiger partial charge in [-0.15, -0.1) is 0 Å². The zero-order valence-electron chi connectivity index (χ0n) is 11.5. The van der Waals surface area contributed by atoms with Crippen LogP contribution in [0.2, 0.25) is 0 Å². The highest BCUT2D eigenvalue weighted by Gasteiger charge is 2.16. The minimum absolute atomic E-state index is 0.0249. The number of carboxylic acid groups (broad SMARTS) is 1. The van der Waals surface area contributed by atoms with Gasteiger partial charge in [-0.3, -0.25) is 10.1 Å². The molecular formula is C14H14N2O5.